The van der Waals surface area contributed by atoms with Gasteiger partial charge in [-0.25, -0.2) is 0 Å². The Kier molecular flexibility index (Phi) is 2.97. The molecule has 0 saturated heterocycles. The number of hydrogen-bond donors (Lipinski definition) is 1. The molecule has 0 radical (unpaired) electrons. The molecule has 0 spiro atoms. The highest BCUT2D eigenvalue weighted by Gasteiger charge is 2.09. The van der Waals surface area contributed by atoms with Gasteiger partial charge in [-0.3, -0.25) is 9.97 Å². The van der Waals surface area contributed by atoms with Crippen LogP contribution in [-0.2, 0) is 0 Å². The highest BCUT2D eigenvalue weighted by atomic mass is 14.7. The average molecular weight is 213 g/mol. The van der Waals surface area contributed by atoms with Gasteiger partial charge < -0.3 is 5.73 Å². The molecule has 0 aromatic carbocycles. The number of aromatic nitrogens is 2. The van der Waals surface area contributed by atoms with Crippen LogP contribution < -0.4 is 5.73 Å². The number of hydrogen-bond acceptors (Lipinski definition) is 3. The molecule has 0 amide bonds. The van der Waals surface area contributed by atoms with Crippen molar-refractivity contribution < 1.29 is 0 Å². The topological polar surface area (TPSA) is 51.8 Å². The van der Waals surface area contributed by atoms with Gasteiger partial charge in [0.1, 0.15) is 0 Å². The first-order chi connectivity index (χ1) is 7.66. The first-order valence-corrected chi connectivity index (χ1v) is 5.27. The van der Waals surface area contributed by atoms with E-state index >= 15 is 0 Å². The lowest BCUT2D eigenvalue weighted by molar-refractivity contribution is 0.854. The summed E-state index contributed by atoms with van der Waals surface area (Å²) in [4.78, 5) is 8.41. The van der Waals surface area contributed by atoms with E-state index in [2.05, 4.69) is 9.97 Å². The Hall–Kier alpha value is -1.74. The van der Waals surface area contributed by atoms with Crippen LogP contribution in [0.1, 0.15) is 28.6 Å². The third-order valence-electron chi connectivity index (χ3n) is 2.57. The molecule has 0 saturated carbocycles. The second-order valence-electron chi connectivity index (χ2n) is 3.94. The van der Waals surface area contributed by atoms with Crippen LogP contribution in [0.5, 0.6) is 0 Å². The first-order valence-electron chi connectivity index (χ1n) is 5.27. The molecule has 0 fully saturated rings. The number of pyridine rings is 2. The SMILES string of the molecule is Cc1ccc(C(N)c2ccnc(C)c2)cn1. The van der Waals surface area contributed by atoms with Gasteiger partial charge in [0.15, 0.2) is 0 Å². The van der Waals surface area contributed by atoms with Gasteiger partial charge in [0.05, 0.1) is 6.04 Å². The fourth-order valence-corrected chi connectivity index (χ4v) is 1.62. The molecular weight excluding hydrogens is 198 g/mol. The standard InChI is InChI=1S/C13H15N3/c1-9-3-4-12(8-16-9)13(14)11-5-6-15-10(2)7-11/h3-8,13H,14H2,1-2H3. The van der Waals surface area contributed by atoms with E-state index in [4.69, 9.17) is 5.73 Å². The lowest BCUT2D eigenvalue weighted by Gasteiger charge is -2.12. The van der Waals surface area contributed by atoms with E-state index in [-0.39, 0.29) is 6.04 Å². The third kappa shape index (κ3) is 2.25. The second-order valence-corrected chi connectivity index (χ2v) is 3.94. The normalized spacial score (nSPS) is 12.4. The van der Waals surface area contributed by atoms with Crippen LogP contribution in [0.4, 0.5) is 0 Å². The van der Waals surface area contributed by atoms with Crippen LogP contribution in [0.3, 0.4) is 0 Å². The molecule has 2 N–H and O–H groups in total. The summed E-state index contributed by atoms with van der Waals surface area (Å²) in [6.45, 7) is 3.93. The largest absolute Gasteiger partial charge is 0.320 e. The van der Waals surface area contributed by atoms with Crippen molar-refractivity contribution in [3.63, 3.8) is 0 Å². The Balaban J connectivity index is 2.31. The average Bonchev–Trinajstić information content (AvgIpc) is 2.29. The van der Waals surface area contributed by atoms with E-state index < -0.39 is 0 Å². The number of rotatable bonds is 2. The van der Waals surface area contributed by atoms with Crippen molar-refractivity contribution in [2.45, 2.75) is 19.9 Å². The predicted octanol–water partition coefficient (Wildman–Crippen LogP) is 2.14. The third-order valence-corrected chi connectivity index (χ3v) is 2.57. The molecule has 2 rings (SSSR count). The Morgan fingerprint density at radius 1 is 1.00 bits per heavy atom. The summed E-state index contributed by atoms with van der Waals surface area (Å²) in [7, 11) is 0. The van der Waals surface area contributed by atoms with E-state index in [9.17, 15) is 0 Å². The zero-order valence-corrected chi connectivity index (χ0v) is 9.51. The predicted molar refractivity (Wildman–Crippen MR) is 64.0 cm³/mol. The summed E-state index contributed by atoms with van der Waals surface area (Å²) in [5.41, 5.74) is 10.2. The van der Waals surface area contributed by atoms with Crippen molar-refractivity contribution in [1.29, 1.82) is 0 Å². The van der Waals surface area contributed by atoms with E-state index in [1.165, 1.54) is 0 Å². The highest BCUT2D eigenvalue weighted by molar-refractivity contribution is 5.30. The van der Waals surface area contributed by atoms with Gasteiger partial charge in [-0.2, -0.15) is 0 Å². The molecule has 1 unspecified atom stereocenters. The maximum atomic E-state index is 6.17. The molecule has 1 atom stereocenters. The Bertz CT molecular complexity index is 477. The fourth-order valence-electron chi connectivity index (χ4n) is 1.62. The minimum atomic E-state index is -0.130. The summed E-state index contributed by atoms with van der Waals surface area (Å²) < 4.78 is 0. The van der Waals surface area contributed by atoms with E-state index in [1.807, 2.05) is 44.3 Å². The van der Waals surface area contributed by atoms with Crippen molar-refractivity contribution in [3.05, 3.63) is 59.2 Å². The van der Waals surface area contributed by atoms with E-state index in [0.717, 1.165) is 22.5 Å². The molecule has 3 heteroatoms. The first kappa shape index (κ1) is 10.8. The molecule has 0 aliphatic rings. The van der Waals surface area contributed by atoms with Crippen LogP contribution in [0.15, 0.2) is 36.7 Å². The molecule has 2 aromatic rings. The molecule has 0 aliphatic heterocycles. The van der Waals surface area contributed by atoms with Crippen molar-refractivity contribution in [1.82, 2.24) is 9.97 Å². The Labute approximate surface area is 95.4 Å². The molecule has 2 aromatic heterocycles. The van der Waals surface area contributed by atoms with Crippen LogP contribution in [-0.4, -0.2) is 9.97 Å². The van der Waals surface area contributed by atoms with Crippen LogP contribution in [0.25, 0.3) is 0 Å². The van der Waals surface area contributed by atoms with Gasteiger partial charge >= 0.3 is 0 Å². The highest BCUT2D eigenvalue weighted by Crippen LogP contribution is 2.18. The van der Waals surface area contributed by atoms with Gasteiger partial charge in [0.2, 0.25) is 0 Å². The molecule has 3 nitrogen and oxygen atoms in total. The van der Waals surface area contributed by atoms with Crippen molar-refractivity contribution >= 4 is 0 Å². The summed E-state index contributed by atoms with van der Waals surface area (Å²) >= 11 is 0. The van der Waals surface area contributed by atoms with Crippen molar-refractivity contribution in [2.75, 3.05) is 0 Å². The summed E-state index contributed by atoms with van der Waals surface area (Å²) in [6.07, 6.45) is 3.61. The van der Waals surface area contributed by atoms with Gasteiger partial charge in [0.25, 0.3) is 0 Å². The Morgan fingerprint density at radius 2 is 1.81 bits per heavy atom. The minimum Gasteiger partial charge on any atom is -0.320 e. The van der Waals surface area contributed by atoms with Gasteiger partial charge in [0, 0.05) is 23.8 Å². The summed E-state index contributed by atoms with van der Waals surface area (Å²) in [5, 5.41) is 0. The van der Waals surface area contributed by atoms with Crippen molar-refractivity contribution in [2.24, 2.45) is 5.73 Å². The maximum Gasteiger partial charge on any atom is 0.0568 e. The number of nitrogens with two attached hydrogens (primary N) is 1. The molecule has 0 bridgehead atoms. The molecule has 82 valence electrons. The second kappa shape index (κ2) is 4.41. The summed E-state index contributed by atoms with van der Waals surface area (Å²) in [6, 6.07) is 7.81. The molecule has 0 aliphatic carbocycles. The summed E-state index contributed by atoms with van der Waals surface area (Å²) in [5.74, 6) is 0. The quantitative estimate of drug-likeness (QED) is 0.831. The van der Waals surface area contributed by atoms with Crippen LogP contribution in [0, 0.1) is 13.8 Å². The maximum absolute atomic E-state index is 6.17. The number of nitrogens with zero attached hydrogens (tertiary/aromatic N) is 2. The van der Waals surface area contributed by atoms with E-state index in [1.54, 1.807) is 6.20 Å². The fraction of sp³-hybridized carbons (Fsp3) is 0.231. The smallest absolute Gasteiger partial charge is 0.0568 e. The van der Waals surface area contributed by atoms with Crippen molar-refractivity contribution in [3.8, 4) is 0 Å². The minimum absolute atomic E-state index is 0.130. The van der Waals surface area contributed by atoms with Gasteiger partial charge in [-0.05, 0) is 43.2 Å². The molecule has 2 heterocycles. The zero-order valence-electron chi connectivity index (χ0n) is 9.51. The lowest BCUT2D eigenvalue weighted by atomic mass is 10.0. The zero-order chi connectivity index (χ0) is 11.5. The monoisotopic (exact) mass is 213 g/mol. The van der Waals surface area contributed by atoms with Crippen LogP contribution >= 0.6 is 0 Å². The lowest BCUT2D eigenvalue weighted by Crippen LogP contribution is -2.12. The number of aryl methyl sites for hydroxylation is 2. The Morgan fingerprint density at radius 3 is 2.44 bits per heavy atom. The van der Waals surface area contributed by atoms with Gasteiger partial charge in [-0.15, -0.1) is 0 Å². The van der Waals surface area contributed by atoms with E-state index in [0.29, 0.717) is 0 Å². The van der Waals surface area contributed by atoms with Gasteiger partial charge in [-0.1, -0.05) is 6.07 Å². The molecule has 16 heavy (non-hydrogen) atoms. The van der Waals surface area contributed by atoms with Crippen LogP contribution in [0.2, 0.25) is 0 Å². The molecular formula is C13H15N3.